The van der Waals surface area contributed by atoms with Gasteiger partial charge in [-0.2, -0.15) is 0 Å². The van der Waals surface area contributed by atoms with Crippen LogP contribution in [0, 0.1) is 12.8 Å². The number of hydrogen-bond acceptors (Lipinski definition) is 4. The molecule has 0 bridgehead atoms. The van der Waals surface area contributed by atoms with E-state index < -0.39 is 24.8 Å². The Bertz CT molecular complexity index is 641. The molecule has 1 aromatic rings. The molecule has 0 spiro atoms. The number of hydrogen-bond donors (Lipinski definition) is 4. The minimum atomic E-state index is -4.26. The van der Waals surface area contributed by atoms with E-state index in [0.29, 0.717) is 12.0 Å². The SMILES string of the molecule is Cc1cn(CC[C@H](C=CP(=O)(O)O)CO)c(=O)[nH]c1=O. The van der Waals surface area contributed by atoms with Gasteiger partial charge in [-0.05, 0) is 13.3 Å². The van der Waals surface area contributed by atoms with Crippen molar-refractivity contribution in [2.24, 2.45) is 5.92 Å². The zero-order valence-electron chi connectivity index (χ0n) is 10.9. The average molecular weight is 304 g/mol. The van der Waals surface area contributed by atoms with Gasteiger partial charge in [0.2, 0.25) is 0 Å². The third kappa shape index (κ3) is 5.26. The van der Waals surface area contributed by atoms with Gasteiger partial charge in [-0.15, -0.1) is 0 Å². The molecule has 20 heavy (non-hydrogen) atoms. The van der Waals surface area contributed by atoms with Gasteiger partial charge in [0.1, 0.15) is 0 Å². The van der Waals surface area contributed by atoms with Crippen molar-refractivity contribution in [2.45, 2.75) is 19.9 Å². The van der Waals surface area contributed by atoms with Gasteiger partial charge < -0.3 is 19.5 Å². The maximum Gasteiger partial charge on any atom is 0.348 e. The van der Waals surface area contributed by atoms with Crippen LogP contribution in [0.15, 0.2) is 27.7 Å². The monoisotopic (exact) mass is 304 g/mol. The van der Waals surface area contributed by atoms with Crippen molar-refractivity contribution in [3.63, 3.8) is 0 Å². The molecule has 1 aromatic heterocycles. The van der Waals surface area contributed by atoms with Crippen molar-refractivity contribution >= 4 is 7.60 Å². The Morgan fingerprint density at radius 2 is 2.10 bits per heavy atom. The van der Waals surface area contributed by atoms with Crippen LogP contribution in [-0.2, 0) is 11.1 Å². The molecule has 0 aliphatic heterocycles. The summed E-state index contributed by atoms with van der Waals surface area (Å²) in [6.07, 6.45) is 2.94. The maximum absolute atomic E-state index is 11.5. The Hall–Kier alpha value is -1.47. The highest BCUT2D eigenvalue weighted by Crippen LogP contribution is 2.36. The lowest BCUT2D eigenvalue weighted by molar-refractivity contribution is 0.241. The van der Waals surface area contributed by atoms with Crippen molar-refractivity contribution in [2.75, 3.05) is 6.61 Å². The van der Waals surface area contributed by atoms with Gasteiger partial charge in [0.25, 0.3) is 5.56 Å². The Morgan fingerprint density at radius 1 is 1.45 bits per heavy atom. The smallest absolute Gasteiger partial charge is 0.348 e. The van der Waals surface area contributed by atoms with E-state index in [-0.39, 0.29) is 13.2 Å². The number of aryl methyl sites for hydroxylation is 2. The number of aliphatic hydroxyl groups is 1. The summed E-state index contributed by atoms with van der Waals surface area (Å²) in [4.78, 5) is 42.3. The quantitative estimate of drug-likeness (QED) is 0.525. The van der Waals surface area contributed by atoms with E-state index in [0.717, 1.165) is 5.82 Å². The summed E-state index contributed by atoms with van der Waals surface area (Å²) in [6.45, 7) is 1.48. The van der Waals surface area contributed by atoms with E-state index in [1.807, 2.05) is 0 Å². The first-order valence-corrected chi connectivity index (χ1v) is 7.57. The zero-order chi connectivity index (χ0) is 15.3. The predicted molar refractivity (Wildman–Crippen MR) is 72.4 cm³/mol. The molecule has 0 aliphatic rings. The second kappa shape index (κ2) is 6.81. The number of H-pyrrole nitrogens is 1. The van der Waals surface area contributed by atoms with E-state index in [9.17, 15) is 14.2 Å². The number of aromatic amines is 1. The summed E-state index contributed by atoms with van der Waals surface area (Å²) in [5.74, 6) is 0.246. The van der Waals surface area contributed by atoms with E-state index in [2.05, 4.69) is 4.98 Å². The molecule has 0 saturated heterocycles. The molecule has 0 amide bonds. The van der Waals surface area contributed by atoms with Gasteiger partial charge in [0, 0.05) is 36.6 Å². The summed E-state index contributed by atoms with van der Waals surface area (Å²) in [7, 11) is -4.26. The molecule has 1 heterocycles. The second-order valence-corrected chi connectivity index (χ2v) is 5.90. The normalized spacial score (nSPS) is 13.8. The summed E-state index contributed by atoms with van der Waals surface area (Å²) in [5, 5.41) is 9.12. The van der Waals surface area contributed by atoms with Gasteiger partial charge in [-0.1, -0.05) is 6.08 Å². The fraction of sp³-hybridized carbons (Fsp3) is 0.455. The average Bonchev–Trinajstić information content (AvgIpc) is 2.34. The minimum Gasteiger partial charge on any atom is -0.396 e. The molecule has 0 saturated carbocycles. The van der Waals surface area contributed by atoms with Crippen molar-refractivity contribution < 1.29 is 19.5 Å². The van der Waals surface area contributed by atoms with Crippen LogP contribution >= 0.6 is 7.60 Å². The van der Waals surface area contributed by atoms with Crippen LogP contribution < -0.4 is 11.2 Å². The van der Waals surface area contributed by atoms with Gasteiger partial charge in [0.05, 0.1) is 0 Å². The summed E-state index contributed by atoms with van der Waals surface area (Å²) < 4.78 is 12.0. The van der Waals surface area contributed by atoms with Crippen LogP contribution in [0.4, 0.5) is 0 Å². The Kier molecular flexibility index (Phi) is 5.64. The Labute approximate surface area is 114 Å². The van der Waals surface area contributed by atoms with Crippen LogP contribution in [0.3, 0.4) is 0 Å². The van der Waals surface area contributed by atoms with Crippen LogP contribution in [0.2, 0.25) is 0 Å². The van der Waals surface area contributed by atoms with Gasteiger partial charge >= 0.3 is 13.3 Å². The molecule has 9 heteroatoms. The minimum absolute atomic E-state index is 0.215. The number of nitrogens with zero attached hydrogens (tertiary/aromatic N) is 1. The van der Waals surface area contributed by atoms with Crippen LogP contribution in [-0.4, -0.2) is 31.1 Å². The Morgan fingerprint density at radius 3 is 2.65 bits per heavy atom. The highest BCUT2D eigenvalue weighted by Gasteiger charge is 2.10. The first kappa shape index (κ1) is 16.6. The van der Waals surface area contributed by atoms with Gasteiger partial charge in [0.15, 0.2) is 0 Å². The highest BCUT2D eigenvalue weighted by molar-refractivity contribution is 7.55. The third-order valence-electron chi connectivity index (χ3n) is 2.72. The highest BCUT2D eigenvalue weighted by atomic mass is 31.2. The third-order valence-corrected chi connectivity index (χ3v) is 3.28. The lowest BCUT2D eigenvalue weighted by Crippen LogP contribution is -2.31. The van der Waals surface area contributed by atoms with Gasteiger partial charge in [-0.3, -0.25) is 14.3 Å². The molecule has 4 N–H and O–H groups in total. The van der Waals surface area contributed by atoms with E-state index >= 15 is 0 Å². The molecule has 1 atom stereocenters. The van der Waals surface area contributed by atoms with E-state index in [1.54, 1.807) is 6.92 Å². The van der Waals surface area contributed by atoms with Gasteiger partial charge in [-0.25, -0.2) is 4.79 Å². The molecule has 1 rings (SSSR count). The largest absolute Gasteiger partial charge is 0.396 e. The zero-order valence-corrected chi connectivity index (χ0v) is 11.8. The molecule has 112 valence electrons. The van der Waals surface area contributed by atoms with Crippen LogP contribution in [0.1, 0.15) is 12.0 Å². The molecule has 0 fully saturated rings. The maximum atomic E-state index is 11.5. The number of aliphatic hydroxyl groups excluding tert-OH is 1. The predicted octanol–water partition coefficient (Wildman–Crippen LogP) is -0.465. The summed E-state index contributed by atoms with van der Waals surface area (Å²) in [6, 6.07) is 0. The van der Waals surface area contributed by atoms with Crippen molar-refractivity contribution in [1.29, 1.82) is 0 Å². The van der Waals surface area contributed by atoms with Crippen molar-refractivity contribution in [3.05, 3.63) is 44.5 Å². The molecular weight excluding hydrogens is 287 g/mol. The molecule has 8 nitrogen and oxygen atoms in total. The Balaban J connectivity index is 2.77. The number of rotatable bonds is 6. The standard InChI is InChI=1S/C11H17N2O6P/c1-8-6-13(11(16)12-10(8)15)4-2-9(7-14)3-5-20(17,18)19/h3,5-6,9,14H,2,4,7H2,1H3,(H,12,15,16)(H2,17,18,19)/t9-/m1/s1. The summed E-state index contributed by atoms with van der Waals surface area (Å²) in [5.41, 5.74) is -0.626. The van der Waals surface area contributed by atoms with Crippen LogP contribution in [0.5, 0.6) is 0 Å². The van der Waals surface area contributed by atoms with Crippen LogP contribution in [0.25, 0.3) is 0 Å². The number of aromatic nitrogens is 2. The fourth-order valence-corrected chi connectivity index (χ4v) is 2.04. The molecule has 0 aliphatic carbocycles. The second-order valence-electron chi connectivity index (χ2n) is 4.43. The number of nitrogens with one attached hydrogen (secondary N) is 1. The van der Waals surface area contributed by atoms with Crippen molar-refractivity contribution in [3.8, 4) is 0 Å². The molecule has 0 aromatic carbocycles. The molecule has 0 radical (unpaired) electrons. The van der Waals surface area contributed by atoms with E-state index in [1.165, 1.54) is 16.8 Å². The van der Waals surface area contributed by atoms with Crippen molar-refractivity contribution in [1.82, 2.24) is 9.55 Å². The molecule has 0 unspecified atom stereocenters. The first-order valence-electron chi connectivity index (χ1n) is 5.89. The summed E-state index contributed by atoms with van der Waals surface area (Å²) >= 11 is 0. The van der Waals surface area contributed by atoms with E-state index in [4.69, 9.17) is 14.9 Å². The molecular formula is C11H17N2O6P. The lowest BCUT2D eigenvalue weighted by atomic mass is 10.1. The fourth-order valence-electron chi connectivity index (χ4n) is 1.57. The topological polar surface area (TPSA) is 133 Å². The lowest BCUT2D eigenvalue weighted by Gasteiger charge is -2.11. The first-order chi connectivity index (χ1) is 9.23.